The zero-order chi connectivity index (χ0) is 31.2. The highest BCUT2D eigenvalue weighted by Gasteiger charge is 2.22. The van der Waals surface area contributed by atoms with Gasteiger partial charge in [0.2, 0.25) is 15.9 Å². The molecule has 0 saturated heterocycles. The molecule has 0 radical (unpaired) electrons. The van der Waals surface area contributed by atoms with Gasteiger partial charge >= 0.3 is 6.09 Å². The van der Waals surface area contributed by atoms with Crippen LogP contribution >= 0.6 is 11.3 Å². The van der Waals surface area contributed by atoms with E-state index in [-0.39, 0.29) is 24.4 Å². The highest BCUT2D eigenvalue weighted by atomic mass is 32.2. The Hall–Kier alpha value is -4.56. The van der Waals surface area contributed by atoms with Crippen LogP contribution in [0.15, 0.2) is 72.6 Å². The van der Waals surface area contributed by atoms with Crippen LogP contribution in [0.3, 0.4) is 0 Å². The third kappa shape index (κ3) is 8.72. The van der Waals surface area contributed by atoms with Crippen LogP contribution in [0.5, 0.6) is 0 Å². The molecule has 0 aliphatic carbocycles. The summed E-state index contributed by atoms with van der Waals surface area (Å²) in [6, 6.07) is 13.0. The van der Waals surface area contributed by atoms with Crippen molar-refractivity contribution in [3.05, 3.63) is 78.2 Å². The zero-order valence-electron chi connectivity index (χ0n) is 24.1. The number of anilines is 1. The Bertz CT molecular complexity index is 1710. The lowest BCUT2D eigenvalue weighted by Crippen LogP contribution is -2.37. The van der Waals surface area contributed by atoms with Gasteiger partial charge in [0.15, 0.2) is 5.13 Å². The second-order valence-electron chi connectivity index (χ2n) is 10.5. The van der Waals surface area contributed by atoms with E-state index in [0.717, 1.165) is 26.9 Å². The summed E-state index contributed by atoms with van der Waals surface area (Å²) in [4.78, 5) is 46.9. The van der Waals surface area contributed by atoms with Crippen LogP contribution in [0.4, 0.5) is 9.93 Å². The Labute approximate surface area is 253 Å². The first-order valence-corrected chi connectivity index (χ1v) is 15.7. The molecule has 3 amide bonds. The molecule has 0 saturated carbocycles. The summed E-state index contributed by atoms with van der Waals surface area (Å²) < 4.78 is 31.6. The Morgan fingerprint density at radius 3 is 2.49 bits per heavy atom. The third-order valence-corrected chi connectivity index (χ3v) is 8.30. The molecule has 0 fully saturated rings. The normalized spacial score (nSPS) is 11.5. The van der Waals surface area contributed by atoms with E-state index in [2.05, 4.69) is 20.6 Å². The van der Waals surface area contributed by atoms with Crippen LogP contribution in [0.2, 0.25) is 0 Å². The predicted molar refractivity (Wildman–Crippen MR) is 164 cm³/mol. The number of hydrogen-bond acceptors (Lipinski definition) is 9. The number of thiazole rings is 1. The van der Waals surface area contributed by atoms with Gasteiger partial charge in [0.25, 0.3) is 5.91 Å². The van der Waals surface area contributed by atoms with E-state index in [9.17, 15) is 22.8 Å². The van der Waals surface area contributed by atoms with E-state index < -0.39 is 33.5 Å². The number of benzene rings is 1. The lowest BCUT2D eigenvalue weighted by Gasteiger charge is -2.24. The maximum absolute atomic E-state index is 12.7. The van der Waals surface area contributed by atoms with Crippen molar-refractivity contribution in [2.75, 3.05) is 31.2 Å². The summed E-state index contributed by atoms with van der Waals surface area (Å²) in [7, 11) is -2.42. The second kappa shape index (κ2) is 13.2. The molecule has 12 nitrogen and oxygen atoms in total. The van der Waals surface area contributed by atoms with E-state index in [0.29, 0.717) is 10.8 Å². The average Bonchev–Trinajstić information content (AvgIpc) is 3.65. The Balaban J connectivity index is 1.28. The number of rotatable bonds is 10. The third-order valence-electron chi connectivity index (χ3n) is 5.97. The molecule has 2 N–H and O–H groups in total. The molecule has 3 heterocycles. The number of nitrogens with one attached hydrogen (secondary N) is 2. The first-order valence-electron chi connectivity index (χ1n) is 13.2. The molecule has 14 heteroatoms. The maximum atomic E-state index is 12.7. The molecule has 0 spiro atoms. The fourth-order valence-electron chi connectivity index (χ4n) is 3.77. The highest BCUT2D eigenvalue weighted by Crippen LogP contribution is 2.28. The lowest BCUT2D eigenvalue weighted by molar-refractivity contribution is -0.115. The molecule has 0 atom stereocenters. The van der Waals surface area contributed by atoms with E-state index in [4.69, 9.17) is 4.74 Å². The Morgan fingerprint density at radius 1 is 1.05 bits per heavy atom. The summed E-state index contributed by atoms with van der Waals surface area (Å²) in [6.45, 7) is 4.69. The minimum atomic E-state index is -3.86. The van der Waals surface area contributed by atoms with Gasteiger partial charge in [0.05, 0.1) is 23.6 Å². The van der Waals surface area contributed by atoms with Gasteiger partial charge in [-0.25, -0.2) is 18.2 Å². The second-order valence-corrected chi connectivity index (χ2v) is 13.4. The summed E-state index contributed by atoms with van der Waals surface area (Å²) in [5, 5.41) is 7.35. The van der Waals surface area contributed by atoms with Crippen molar-refractivity contribution in [1.29, 1.82) is 0 Å². The summed E-state index contributed by atoms with van der Waals surface area (Å²) in [5.41, 5.74) is 2.96. The topological polar surface area (TPSA) is 153 Å². The van der Waals surface area contributed by atoms with Crippen LogP contribution in [-0.2, 0) is 19.6 Å². The van der Waals surface area contributed by atoms with Crippen LogP contribution in [0.1, 0.15) is 31.1 Å². The number of ether oxygens (including phenoxy) is 1. The van der Waals surface area contributed by atoms with Crippen molar-refractivity contribution >= 4 is 44.4 Å². The van der Waals surface area contributed by atoms with Gasteiger partial charge in [-0.2, -0.15) is 0 Å². The number of carbonyl (C=O) groups excluding carboxylic acids is 3. The van der Waals surface area contributed by atoms with Crippen LogP contribution in [0.25, 0.3) is 22.4 Å². The van der Waals surface area contributed by atoms with Gasteiger partial charge in [0.1, 0.15) is 5.60 Å². The van der Waals surface area contributed by atoms with Crippen molar-refractivity contribution in [1.82, 2.24) is 24.2 Å². The molecule has 0 unspecified atom stereocenters. The maximum Gasteiger partial charge on any atom is 0.410 e. The van der Waals surface area contributed by atoms with Gasteiger partial charge in [-0.3, -0.25) is 18.5 Å². The summed E-state index contributed by atoms with van der Waals surface area (Å²) in [5.74, 6) is -1.50. The molecule has 4 aromatic rings. The highest BCUT2D eigenvalue weighted by molar-refractivity contribution is 7.89. The number of aromatic nitrogens is 3. The smallest absolute Gasteiger partial charge is 0.410 e. The molecular formula is C29H32N6O6S2. The first-order chi connectivity index (χ1) is 20.3. The standard InChI is InChI=1S/C29H32N6O6S2/c1-29(2,3)41-28(38)34(4)14-15-43(39,40)35-13-10-23(18-35)26(37)31-17-25(36)33-27-32-24(19-42-27)22-7-5-6-21(16-22)20-8-11-30-12-9-20/h5-13,16,18-19H,14-15,17H2,1-4H3,(H,31,37)(H,32,33,36). The summed E-state index contributed by atoms with van der Waals surface area (Å²) >= 11 is 1.25. The minimum absolute atomic E-state index is 0.0579. The van der Waals surface area contributed by atoms with Gasteiger partial charge in [0, 0.05) is 49.3 Å². The van der Waals surface area contributed by atoms with E-state index in [1.165, 1.54) is 35.5 Å². The number of hydrogen-bond donors (Lipinski definition) is 2. The van der Waals surface area contributed by atoms with Crippen LogP contribution < -0.4 is 10.6 Å². The molecule has 1 aromatic carbocycles. The molecule has 226 valence electrons. The molecule has 0 aliphatic rings. The quantitative estimate of drug-likeness (QED) is 0.268. The Kier molecular flexibility index (Phi) is 9.61. The van der Waals surface area contributed by atoms with E-state index in [1.807, 2.05) is 41.8 Å². The minimum Gasteiger partial charge on any atom is -0.444 e. The van der Waals surface area contributed by atoms with Gasteiger partial charge in [-0.1, -0.05) is 18.2 Å². The number of pyridine rings is 1. The van der Waals surface area contributed by atoms with Crippen LogP contribution in [0, 0.1) is 0 Å². The molecular weight excluding hydrogens is 592 g/mol. The zero-order valence-corrected chi connectivity index (χ0v) is 25.7. The number of carbonyl (C=O) groups is 3. The fraction of sp³-hybridized carbons (Fsp3) is 0.276. The largest absolute Gasteiger partial charge is 0.444 e. The molecule has 0 aliphatic heterocycles. The van der Waals surface area contributed by atoms with Crippen molar-refractivity contribution in [2.24, 2.45) is 0 Å². The fourth-order valence-corrected chi connectivity index (χ4v) is 5.74. The molecule has 0 bridgehead atoms. The van der Waals surface area contributed by atoms with Crippen molar-refractivity contribution < 1.29 is 27.5 Å². The van der Waals surface area contributed by atoms with Crippen molar-refractivity contribution in [2.45, 2.75) is 26.4 Å². The SMILES string of the molecule is CN(CCS(=O)(=O)n1ccc(C(=O)NCC(=O)Nc2nc(-c3cccc(-c4ccncc4)c3)cs2)c1)C(=O)OC(C)(C)C. The van der Waals surface area contributed by atoms with Gasteiger partial charge < -0.3 is 20.3 Å². The lowest BCUT2D eigenvalue weighted by atomic mass is 10.0. The van der Waals surface area contributed by atoms with E-state index >= 15 is 0 Å². The monoisotopic (exact) mass is 624 g/mol. The van der Waals surface area contributed by atoms with Crippen LogP contribution in [-0.4, -0.2) is 76.7 Å². The van der Waals surface area contributed by atoms with Crippen molar-refractivity contribution in [3.63, 3.8) is 0 Å². The molecule has 43 heavy (non-hydrogen) atoms. The summed E-state index contributed by atoms with van der Waals surface area (Å²) in [6.07, 6.45) is 5.20. The first kappa shape index (κ1) is 31.4. The van der Waals surface area contributed by atoms with Crippen molar-refractivity contribution in [3.8, 4) is 22.4 Å². The van der Waals surface area contributed by atoms with E-state index in [1.54, 1.807) is 33.2 Å². The Morgan fingerprint density at radius 2 is 1.77 bits per heavy atom. The molecule has 3 aromatic heterocycles. The number of nitrogens with zero attached hydrogens (tertiary/aromatic N) is 4. The number of amides is 3. The predicted octanol–water partition coefficient (Wildman–Crippen LogP) is 4.09. The van der Waals surface area contributed by atoms with Gasteiger partial charge in [-0.15, -0.1) is 11.3 Å². The average molecular weight is 625 g/mol. The van der Waals surface area contributed by atoms with Gasteiger partial charge in [-0.05, 0) is 56.2 Å². The molecule has 4 rings (SSSR count).